The van der Waals surface area contributed by atoms with Crippen LogP contribution in [0.25, 0.3) is 0 Å². The topological polar surface area (TPSA) is 18.5 Å². The third kappa shape index (κ3) is 4.17. The number of hydrogen-bond donors (Lipinski definition) is 0. The molecule has 0 bridgehead atoms. The Kier molecular flexibility index (Phi) is 3.74. The van der Waals surface area contributed by atoms with Crippen molar-refractivity contribution < 1.29 is 8.85 Å². The Morgan fingerprint density at radius 2 is 1.44 bits per heavy atom. The van der Waals surface area contributed by atoms with Gasteiger partial charge in [0.2, 0.25) is 16.6 Å². The van der Waals surface area contributed by atoms with Gasteiger partial charge in [-0.15, -0.1) is 0 Å². The van der Waals surface area contributed by atoms with E-state index in [4.69, 9.17) is 8.85 Å². The number of hydrogen-bond acceptors (Lipinski definition) is 2. The van der Waals surface area contributed by atoms with Crippen molar-refractivity contribution in [3.8, 4) is 0 Å². The van der Waals surface area contributed by atoms with Gasteiger partial charge in [-0.1, -0.05) is 0 Å². The maximum absolute atomic E-state index is 6.12. The quantitative estimate of drug-likeness (QED) is 0.700. The van der Waals surface area contributed by atoms with Gasteiger partial charge in [0.05, 0.1) is 0 Å². The molecule has 0 saturated carbocycles. The van der Waals surface area contributed by atoms with Gasteiger partial charge in [0.15, 0.2) is 0 Å². The van der Waals surface area contributed by atoms with Gasteiger partial charge in [0.1, 0.15) is 11.5 Å². The Balaban J connectivity index is 2.81. The largest absolute Gasteiger partial charge is 0.542 e. The molecule has 0 unspecified atom stereocenters. The monoisotopic (exact) mass is 256 g/mol. The summed E-state index contributed by atoms with van der Waals surface area (Å²) in [6.45, 7) is 15.4. The fourth-order valence-corrected chi connectivity index (χ4v) is 3.23. The minimum Gasteiger partial charge on any atom is -0.542 e. The number of allylic oxidation sites excluding steroid dienone is 2. The van der Waals surface area contributed by atoms with Crippen LogP contribution in [0.3, 0.4) is 0 Å². The average Bonchev–Trinajstić information content (AvgIpc) is 2.30. The van der Waals surface area contributed by atoms with Crippen LogP contribution < -0.4 is 0 Å². The van der Waals surface area contributed by atoms with E-state index in [2.05, 4.69) is 52.3 Å². The van der Waals surface area contributed by atoms with Crippen molar-refractivity contribution >= 4 is 16.6 Å². The van der Waals surface area contributed by atoms with Crippen LogP contribution >= 0.6 is 0 Å². The normalized spacial score (nSPS) is 17.6. The molecule has 0 spiro atoms. The van der Waals surface area contributed by atoms with Crippen molar-refractivity contribution in [2.75, 3.05) is 0 Å². The lowest BCUT2D eigenvalue weighted by atomic mass is 10.3. The van der Waals surface area contributed by atoms with E-state index >= 15 is 0 Å². The fraction of sp³-hybridized carbons (Fsp3) is 0.667. The molecule has 0 saturated heterocycles. The van der Waals surface area contributed by atoms with Crippen LogP contribution in [0.15, 0.2) is 23.2 Å². The lowest BCUT2D eigenvalue weighted by Gasteiger charge is -2.27. The zero-order chi connectivity index (χ0) is 12.6. The standard InChI is InChI=1S/C12H24O2Si2/c1-10-8-9-11(13-15(2,3)4)12(10)14-16(5,6)7/h9H,8H2,1-7H3. The van der Waals surface area contributed by atoms with Gasteiger partial charge < -0.3 is 8.85 Å². The maximum atomic E-state index is 6.12. The van der Waals surface area contributed by atoms with Gasteiger partial charge in [-0.25, -0.2) is 0 Å². The van der Waals surface area contributed by atoms with Gasteiger partial charge in [-0.3, -0.25) is 0 Å². The molecule has 0 fully saturated rings. The van der Waals surface area contributed by atoms with Crippen LogP contribution in [0.1, 0.15) is 13.3 Å². The van der Waals surface area contributed by atoms with Crippen molar-refractivity contribution in [1.29, 1.82) is 0 Å². The first-order chi connectivity index (χ1) is 7.08. The predicted octanol–water partition coefficient (Wildman–Crippen LogP) is 4.25. The molecule has 16 heavy (non-hydrogen) atoms. The molecule has 0 aromatic rings. The summed E-state index contributed by atoms with van der Waals surface area (Å²) >= 11 is 0. The molecule has 0 N–H and O–H groups in total. The molecule has 0 radical (unpaired) electrons. The highest BCUT2D eigenvalue weighted by Crippen LogP contribution is 2.32. The second-order valence-corrected chi connectivity index (χ2v) is 15.2. The fourth-order valence-electron chi connectivity index (χ4n) is 1.50. The highest BCUT2D eigenvalue weighted by Gasteiger charge is 2.28. The maximum Gasteiger partial charge on any atom is 0.242 e. The molecule has 0 aliphatic heterocycles. The molecular formula is C12H24O2Si2. The van der Waals surface area contributed by atoms with E-state index in [1.165, 1.54) is 5.57 Å². The third-order valence-electron chi connectivity index (χ3n) is 2.03. The minimum absolute atomic E-state index is 0.972. The molecule has 1 rings (SSSR count). The zero-order valence-electron chi connectivity index (χ0n) is 11.6. The zero-order valence-corrected chi connectivity index (χ0v) is 13.6. The molecule has 1 aliphatic rings. The number of rotatable bonds is 4. The molecule has 0 amide bonds. The van der Waals surface area contributed by atoms with Crippen LogP contribution in [0.5, 0.6) is 0 Å². The van der Waals surface area contributed by atoms with E-state index in [1.54, 1.807) is 0 Å². The molecule has 2 nitrogen and oxygen atoms in total. The van der Waals surface area contributed by atoms with Gasteiger partial charge in [0, 0.05) is 0 Å². The average molecular weight is 256 g/mol. The highest BCUT2D eigenvalue weighted by molar-refractivity contribution is 6.70. The minimum atomic E-state index is -1.54. The Morgan fingerprint density at radius 1 is 0.938 bits per heavy atom. The second kappa shape index (κ2) is 4.41. The molecule has 0 aromatic carbocycles. The van der Waals surface area contributed by atoms with Crippen LogP contribution in [0.2, 0.25) is 39.3 Å². The van der Waals surface area contributed by atoms with E-state index in [9.17, 15) is 0 Å². The van der Waals surface area contributed by atoms with Crippen molar-refractivity contribution in [1.82, 2.24) is 0 Å². The van der Waals surface area contributed by atoms with Crippen LogP contribution in [-0.4, -0.2) is 16.6 Å². The molecule has 4 heteroatoms. The summed E-state index contributed by atoms with van der Waals surface area (Å²) < 4.78 is 12.2. The van der Waals surface area contributed by atoms with Gasteiger partial charge >= 0.3 is 0 Å². The summed E-state index contributed by atoms with van der Waals surface area (Å²) in [4.78, 5) is 0. The van der Waals surface area contributed by atoms with Crippen LogP contribution in [-0.2, 0) is 8.85 Å². The van der Waals surface area contributed by atoms with E-state index in [0.717, 1.165) is 17.9 Å². The Labute approximate surface area is 102 Å². The summed E-state index contributed by atoms with van der Waals surface area (Å²) in [6.07, 6.45) is 3.13. The summed E-state index contributed by atoms with van der Waals surface area (Å²) in [7, 11) is -3.08. The van der Waals surface area contributed by atoms with Crippen molar-refractivity contribution in [2.45, 2.75) is 52.6 Å². The summed E-state index contributed by atoms with van der Waals surface area (Å²) in [5.74, 6) is 2.00. The molecule has 92 valence electrons. The summed E-state index contributed by atoms with van der Waals surface area (Å²) in [6, 6.07) is 0. The SMILES string of the molecule is CC1=C(O[Si](C)(C)C)C(O[Si](C)(C)C)=CC1. The van der Waals surface area contributed by atoms with Crippen molar-refractivity contribution in [3.05, 3.63) is 23.2 Å². The molecule has 1 aliphatic carbocycles. The second-order valence-electron chi connectivity index (χ2n) is 6.31. The van der Waals surface area contributed by atoms with Gasteiger partial charge in [0.25, 0.3) is 0 Å². The molecule has 0 atom stereocenters. The van der Waals surface area contributed by atoms with E-state index in [0.29, 0.717) is 0 Å². The lowest BCUT2D eigenvalue weighted by molar-refractivity contribution is 0.343. The smallest absolute Gasteiger partial charge is 0.242 e. The molecule has 0 heterocycles. The molecule has 0 aromatic heterocycles. The first-order valence-electron chi connectivity index (χ1n) is 5.87. The van der Waals surface area contributed by atoms with Crippen molar-refractivity contribution in [3.63, 3.8) is 0 Å². The molecular weight excluding hydrogens is 232 g/mol. The van der Waals surface area contributed by atoms with E-state index in [-0.39, 0.29) is 0 Å². The van der Waals surface area contributed by atoms with Gasteiger partial charge in [-0.05, 0) is 64.3 Å². The predicted molar refractivity (Wildman–Crippen MR) is 74.3 cm³/mol. The van der Waals surface area contributed by atoms with E-state index in [1.807, 2.05) is 0 Å². The van der Waals surface area contributed by atoms with Gasteiger partial charge in [-0.2, -0.15) is 0 Å². The lowest BCUT2D eigenvalue weighted by Crippen LogP contribution is -2.29. The third-order valence-corrected chi connectivity index (χ3v) is 3.68. The first kappa shape index (κ1) is 13.6. The van der Waals surface area contributed by atoms with Crippen molar-refractivity contribution in [2.24, 2.45) is 0 Å². The Bertz CT molecular complexity index is 330. The first-order valence-corrected chi connectivity index (χ1v) is 12.7. The Morgan fingerprint density at radius 3 is 1.88 bits per heavy atom. The van der Waals surface area contributed by atoms with Crippen LogP contribution in [0.4, 0.5) is 0 Å². The summed E-state index contributed by atoms with van der Waals surface area (Å²) in [5, 5.41) is 0. The Hall–Kier alpha value is -0.486. The highest BCUT2D eigenvalue weighted by atomic mass is 28.4. The van der Waals surface area contributed by atoms with Crippen LogP contribution in [0, 0.1) is 0 Å². The summed E-state index contributed by atoms with van der Waals surface area (Å²) in [5.41, 5.74) is 1.30. The van der Waals surface area contributed by atoms with E-state index < -0.39 is 16.6 Å².